The van der Waals surface area contributed by atoms with Crippen molar-refractivity contribution in [2.45, 2.75) is 45.2 Å². The maximum Gasteiger partial charge on any atom is 0.351 e. The molecular weight excluding hydrogens is 442 g/mol. The van der Waals surface area contributed by atoms with Gasteiger partial charge in [0.1, 0.15) is 36.6 Å². The summed E-state index contributed by atoms with van der Waals surface area (Å²) in [5.74, 6) is 0.0696. The number of nitrogens with two attached hydrogens (primary N) is 1. The van der Waals surface area contributed by atoms with Crippen molar-refractivity contribution >= 4 is 20.3 Å². The molecule has 0 saturated heterocycles. The van der Waals surface area contributed by atoms with Gasteiger partial charge in [0.25, 0.3) is 0 Å². The van der Waals surface area contributed by atoms with E-state index in [2.05, 4.69) is 10.1 Å². The highest BCUT2D eigenvalue weighted by molar-refractivity contribution is 7.45. The van der Waals surface area contributed by atoms with Gasteiger partial charge in [-0.1, -0.05) is 18.2 Å². The summed E-state index contributed by atoms with van der Waals surface area (Å²) in [5.41, 5.74) is 4.88. The number of nitrogens with one attached hydrogen (secondary N) is 1. The Labute approximate surface area is 186 Å². The fourth-order valence-electron chi connectivity index (χ4n) is 2.56. The van der Waals surface area contributed by atoms with Crippen LogP contribution >= 0.6 is 8.53 Å². The van der Waals surface area contributed by atoms with Crippen molar-refractivity contribution in [3.8, 4) is 5.75 Å². The molecule has 5 unspecified atom stereocenters. The molecule has 2 rings (SSSR count). The Morgan fingerprint density at radius 2 is 1.94 bits per heavy atom. The molecule has 2 aromatic rings. The van der Waals surface area contributed by atoms with Gasteiger partial charge < -0.3 is 24.3 Å². The Balaban J connectivity index is 2.10. The first-order valence-electron chi connectivity index (χ1n) is 9.85. The number of carbonyl (C=O) groups excluding carboxylic acids is 1. The number of hydrogen-bond donors (Lipinski definition) is 2. The zero-order valence-corrected chi connectivity index (χ0v) is 19.2. The topological polar surface area (TPSA) is 127 Å². The number of nitrogen functional groups attached to an aromatic ring is 1. The zero-order valence-electron chi connectivity index (χ0n) is 18.3. The zero-order chi connectivity index (χ0) is 23.7. The van der Waals surface area contributed by atoms with E-state index in [0.29, 0.717) is 5.75 Å². The van der Waals surface area contributed by atoms with Crippen LogP contribution in [0.15, 0.2) is 47.4 Å². The molecular formula is C20H28FN4O6P. The van der Waals surface area contributed by atoms with Gasteiger partial charge in [-0.2, -0.15) is 4.98 Å². The van der Waals surface area contributed by atoms with Crippen LogP contribution in [0.1, 0.15) is 27.0 Å². The van der Waals surface area contributed by atoms with Crippen LogP contribution in [-0.4, -0.2) is 47.6 Å². The van der Waals surface area contributed by atoms with Crippen molar-refractivity contribution in [2.75, 3.05) is 19.5 Å². The molecule has 0 aliphatic heterocycles. The number of halogens is 1. The molecule has 3 N–H and O–H groups in total. The van der Waals surface area contributed by atoms with Gasteiger partial charge in [-0.05, 0) is 39.0 Å². The van der Waals surface area contributed by atoms with Crippen LogP contribution in [0.4, 0.5) is 10.2 Å². The minimum Gasteiger partial charge on any atom is -0.468 e. The van der Waals surface area contributed by atoms with Crippen molar-refractivity contribution in [2.24, 2.45) is 0 Å². The number of methoxy groups -OCH3 is 1. The third kappa shape index (κ3) is 7.52. The van der Waals surface area contributed by atoms with E-state index in [9.17, 15) is 14.0 Å². The molecule has 0 radical (unpaired) electrons. The second-order valence-corrected chi connectivity index (χ2v) is 7.98. The third-order valence-corrected chi connectivity index (χ3v) is 5.84. The summed E-state index contributed by atoms with van der Waals surface area (Å²) in [5, 5.41) is 2.92. The lowest BCUT2D eigenvalue weighted by atomic mass is 10.2. The molecule has 0 aliphatic carbocycles. The molecule has 0 saturated carbocycles. The van der Waals surface area contributed by atoms with Gasteiger partial charge in [0.15, 0.2) is 0 Å². The summed E-state index contributed by atoms with van der Waals surface area (Å²) in [6.45, 7) is 3.89. The number of nitrogens with zero attached hydrogens (tertiary/aromatic N) is 2. The Morgan fingerprint density at radius 1 is 1.25 bits per heavy atom. The summed E-state index contributed by atoms with van der Waals surface area (Å²) in [4.78, 5) is 27.5. The van der Waals surface area contributed by atoms with E-state index in [1.807, 2.05) is 6.07 Å². The molecule has 32 heavy (non-hydrogen) atoms. The van der Waals surface area contributed by atoms with E-state index in [-0.39, 0.29) is 5.82 Å². The minimum absolute atomic E-state index is 0.0756. The van der Waals surface area contributed by atoms with Crippen molar-refractivity contribution < 1.29 is 27.7 Å². The number of aromatic nitrogens is 2. The van der Waals surface area contributed by atoms with Crippen molar-refractivity contribution in [3.05, 3.63) is 53.1 Å². The molecule has 0 amide bonds. The Morgan fingerprint density at radius 3 is 2.53 bits per heavy atom. The molecule has 1 aromatic heterocycles. The number of ether oxygens (including phenoxy) is 2. The van der Waals surface area contributed by atoms with Gasteiger partial charge in [-0.3, -0.25) is 9.36 Å². The minimum atomic E-state index is -1.88. The number of alkyl halides is 1. The summed E-state index contributed by atoms with van der Waals surface area (Å²) in [6.07, 6.45) is -1.24. The van der Waals surface area contributed by atoms with Gasteiger partial charge in [-0.15, -0.1) is 0 Å². The highest BCUT2D eigenvalue weighted by Crippen LogP contribution is 2.38. The smallest absolute Gasteiger partial charge is 0.351 e. The van der Waals surface area contributed by atoms with Gasteiger partial charge in [0, 0.05) is 6.20 Å². The molecule has 0 spiro atoms. The molecule has 0 bridgehead atoms. The maximum absolute atomic E-state index is 13.8. The molecule has 176 valence electrons. The van der Waals surface area contributed by atoms with E-state index in [1.165, 1.54) is 23.9 Å². The fraction of sp³-hybridized carbons (Fsp3) is 0.450. The molecule has 1 aromatic carbocycles. The number of carbonyl (C=O) groups is 1. The van der Waals surface area contributed by atoms with Gasteiger partial charge in [0.2, 0.25) is 0 Å². The first-order valence-corrected chi connectivity index (χ1v) is 11.0. The standard InChI is InChI=1S/C20H28FN4O6P/c1-13(19(26)28-4)24-32(31-16-8-6-5-7-9-16)30-14(2)17(12-21)29-15(3)25-11-10-18(22)23-20(25)27/h5-11,13-15,17,24H,12H2,1-4H3,(H2,22,23,27). The van der Waals surface area contributed by atoms with Crippen molar-refractivity contribution in [1.82, 2.24) is 14.6 Å². The van der Waals surface area contributed by atoms with Gasteiger partial charge in [0.05, 0.1) is 13.2 Å². The van der Waals surface area contributed by atoms with Crippen LogP contribution < -0.4 is 21.0 Å². The van der Waals surface area contributed by atoms with Crippen LogP contribution in [0.3, 0.4) is 0 Å². The van der Waals surface area contributed by atoms with Crippen molar-refractivity contribution in [3.63, 3.8) is 0 Å². The second-order valence-electron chi connectivity index (χ2n) is 6.82. The average molecular weight is 470 g/mol. The summed E-state index contributed by atoms with van der Waals surface area (Å²) < 4.78 is 37.2. The lowest BCUT2D eigenvalue weighted by Crippen LogP contribution is -2.38. The number of hydrogen-bond acceptors (Lipinski definition) is 9. The monoisotopic (exact) mass is 470 g/mol. The first kappa shape index (κ1) is 25.7. The lowest BCUT2D eigenvalue weighted by molar-refractivity contribution is -0.142. The Hall–Kier alpha value is -2.59. The number of anilines is 1. The first-order chi connectivity index (χ1) is 15.2. The van der Waals surface area contributed by atoms with E-state index in [4.69, 9.17) is 24.3 Å². The highest BCUT2D eigenvalue weighted by Gasteiger charge is 2.29. The summed E-state index contributed by atoms with van der Waals surface area (Å²) in [6, 6.07) is 9.54. The average Bonchev–Trinajstić information content (AvgIpc) is 2.77. The SMILES string of the molecule is COC(=O)C(C)NP(Oc1ccccc1)OC(C)C(CF)OC(C)n1ccc(N)nc1=O. The Bertz CT molecular complexity index is 918. The van der Waals surface area contributed by atoms with Gasteiger partial charge in [-0.25, -0.2) is 14.3 Å². The van der Waals surface area contributed by atoms with Crippen LogP contribution in [-0.2, 0) is 18.8 Å². The summed E-state index contributed by atoms with van der Waals surface area (Å²) >= 11 is 0. The lowest BCUT2D eigenvalue weighted by Gasteiger charge is -2.29. The van der Waals surface area contributed by atoms with Crippen LogP contribution in [0.5, 0.6) is 5.75 Å². The van der Waals surface area contributed by atoms with E-state index < -0.39 is 51.3 Å². The maximum atomic E-state index is 13.8. The molecule has 5 atom stereocenters. The second kappa shape index (κ2) is 12.4. The van der Waals surface area contributed by atoms with Crippen LogP contribution in [0.25, 0.3) is 0 Å². The van der Waals surface area contributed by atoms with Crippen molar-refractivity contribution in [1.29, 1.82) is 0 Å². The predicted molar refractivity (Wildman–Crippen MR) is 118 cm³/mol. The van der Waals surface area contributed by atoms with E-state index in [0.717, 1.165) is 0 Å². The molecule has 1 heterocycles. The quantitative estimate of drug-likeness (QED) is 0.355. The highest BCUT2D eigenvalue weighted by atomic mass is 31.2. The molecule has 0 fully saturated rings. The number of esters is 1. The number of benzene rings is 1. The molecule has 0 aliphatic rings. The van der Waals surface area contributed by atoms with Crippen LogP contribution in [0, 0.1) is 0 Å². The third-order valence-electron chi connectivity index (χ3n) is 4.34. The molecule has 10 nitrogen and oxygen atoms in total. The summed E-state index contributed by atoms with van der Waals surface area (Å²) in [7, 11) is -0.606. The molecule has 12 heteroatoms. The Kier molecular flexibility index (Phi) is 9.98. The van der Waals surface area contributed by atoms with E-state index in [1.54, 1.807) is 45.0 Å². The number of para-hydroxylation sites is 1. The van der Waals surface area contributed by atoms with Crippen LogP contribution in [0.2, 0.25) is 0 Å². The predicted octanol–water partition coefficient (Wildman–Crippen LogP) is 2.56. The fourth-order valence-corrected chi connectivity index (χ4v) is 3.88. The van der Waals surface area contributed by atoms with Gasteiger partial charge >= 0.3 is 20.2 Å². The largest absolute Gasteiger partial charge is 0.468 e. The van der Waals surface area contributed by atoms with E-state index >= 15 is 0 Å². The normalized spacial score (nSPS) is 15.9. The number of rotatable bonds is 12.